The molecule has 0 amide bonds. The van der Waals surface area contributed by atoms with Crippen molar-refractivity contribution in [1.82, 2.24) is 4.57 Å². The van der Waals surface area contributed by atoms with Crippen molar-refractivity contribution >= 4 is 40.5 Å². The second-order valence-corrected chi connectivity index (χ2v) is 7.78. The van der Waals surface area contributed by atoms with Crippen LogP contribution in [-0.4, -0.2) is 23.9 Å². The first-order chi connectivity index (χ1) is 13.4. The average molecular weight is 487 g/mol. The maximum Gasteiger partial charge on any atom is 0.337 e. The monoisotopic (exact) mass is 487 g/mol. The van der Waals surface area contributed by atoms with E-state index in [4.69, 9.17) is 4.74 Å². The van der Waals surface area contributed by atoms with Gasteiger partial charge in [0, 0.05) is 26.2 Å². The summed E-state index contributed by atoms with van der Waals surface area (Å²) in [6.07, 6.45) is 1.83. The Labute approximate surface area is 178 Å². The van der Waals surface area contributed by atoms with Crippen molar-refractivity contribution in [3.8, 4) is 5.69 Å². The molecule has 0 aliphatic heterocycles. The molecule has 1 heterocycles. The van der Waals surface area contributed by atoms with Gasteiger partial charge in [0.05, 0.1) is 24.6 Å². The number of methoxy groups -OCH3 is 1. The fraction of sp³-hybridized carbons (Fsp3) is 0.182. The predicted octanol–water partition coefficient (Wildman–Crippen LogP) is 5.24. The van der Waals surface area contributed by atoms with Gasteiger partial charge in [-0.25, -0.2) is 4.79 Å². The zero-order valence-corrected chi connectivity index (χ0v) is 18.4. The van der Waals surface area contributed by atoms with Gasteiger partial charge in [0.1, 0.15) is 0 Å². The largest absolute Gasteiger partial charge is 0.465 e. The summed E-state index contributed by atoms with van der Waals surface area (Å²) in [7, 11) is 1.39. The quantitative estimate of drug-likeness (QED) is 0.232. The molecule has 5 nitrogen and oxygen atoms in total. The van der Waals surface area contributed by atoms with E-state index in [0.717, 1.165) is 33.9 Å². The molecule has 3 aromatic rings. The first kappa shape index (κ1) is 20.1. The minimum absolute atomic E-state index is 0.329. The zero-order chi connectivity index (χ0) is 20.3. The van der Waals surface area contributed by atoms with E-state index < -0.39 is 0 Å². The summed E-state index contributed by atoms with van der Waals surface area (Å²) in [6.45, 7) is 6.12. The van der Waals surface area contributed by atoms with Gasteiger partial charge in [-0.05, 0) is 97.5 Å². The zero-order valence-electron chi connectivity index (χ0n) is 16.3. The van der Waals surface area contributed by atoms with Crippen LogP contribution in [0.4, 0.5) is 5.69 Å². The van der Waals surface area contributed by atoms with Crippen LogP contribution in [0.3, 0.4) is 0 Å². The van der Waals surface area contributed by atoms with Crippen molar-refractivity contribution < 1.29 is 9.53 Å². The van der Waals surface area contributed by atoms with E-state index in [2.05, 4.69) is 57.6 Å². The van der Waals surface area contributed by atoms with Gasteiger partial charge < -0.3 is 9.30 Å². The van der Waals surface area contributed by atoms with E-state index in [1.165, 1.54) is 10.7 Å². The van der Waals surface area contributed by atoms with Crippen LogP contribution < -0.4 is 5.43 Å². The second-order valence-electron chi connectivity index (χ2n) is 6.53. The van der Waals surface area contributed by atoms with Crippen LogP contribution in [0, 0.1) is 24.3 Å². The summed E-state index contributed by atoms with van der Waals surface area (Å²) in [4.78, 5) is 11.8. The number of esters is 1. The summed E-state index contributed by atoms with van der Waals surface area (Å²) in [6, 6.07) is 15.7. The smallest absolute Gasteiger partial charge is 0.337 e. The van der Waals surface area contributed by atoms with E-state index in [1.807, 2.05) is 49.5 Å². The molecule has 0 aliphatic rings. The van der Waals surface area contributed by atoms with Gasteiger partial charge in [-0.2, -0.15) is 5.10 Å². The van der Waals surface area contributed by atoms with Gasteiger partial charge in [-0.3, -0.25) is 5.43 Å². The first-order valence-electron chi connectivity index (χ1n) is 8.83. The highest BCUT2D eigenvalue weighted by Crippen LogP contribution is 2.24. The fourth-order valence-corrected chi connectivity index (χ4v) is 3.50. The lowest BCUT2D eigenvalue weighted by atomic mass is 10.1. The Morgan fingerprint density at radius 2 is 1.82 bits per heavy atom. The Morgan fingerprint density at radius 1 is 1.11 bits per heavy atom. The van der Waals surface area contributed by atoms with Gasteiger partial charge >= 0.3 is 5.97 Å². The number of ether oxygens (including phenoxy) is 1. The molecule has 0 spiro atoms. The van der Waals surface area contributed by atoms with Crippen LogP contribution >= 0.6 is 22.6 Å². The minimum atomic E-state index is -0.329. The number of carbonyl (C=O) groups excluding carboxylic acids is 1. The third kappa shape index (κ3) is 4.27. The van der Waals surface area contributed by atoms with E-state index in [-0.39, 0.29) is 5.97 Å². The maximum atomic E-state index is 11.8. The molecule has 0 fully saturated rings. The van der Waals surface area contributed by atoms with E-state index in [0.29, 0.717) is 5.56 Å². The summed E-state index contributed by atoms with van der Waals surface area (Å²) < 4.78 is 8.16. The third-order valence-corrected chi connectivity index (χ3v) is 5.29. The molecule has 28 heavy (non-hydrogen) atoms. The van der Waals surface area contributed by atoms with Crippen LogP contribution in [0.5, 0.6) is 0 Å². The molecule has 1 aromatic heterocycles. The SMILES string of the molecule is COC(=O)c1ccc(-n2c(C)cc(C=NNc3ccc(I)cc3)c2C)c(C)c1. The summed E-state index contributed by atoms with van der Waals surface area (Å²) >= 11 is 2.28. The number of halogens is 1. The second kappa shape index (κ2) is 8.60. The Bertz CT molecular complexity index is 1040. The number of aromatic nitrogens is 1. The third-order valence-electron chi connectivity index (χ3n) is 4.57. The molecular formula is C22H22IN3O2. The Hall–Kier alpha value is -2.61. The number of aryl methyl sites for hydroxylation is 2. The Kier molecular flexibility index (Phi) is 6.18. The topological polar surface area (TPSA) is 55.6 Å². The van der Waals surface area contributed by atoms with Crippen LogP contribution in [0.25, 0.3) is 5.69 Å². The molecule has 1 N–H and O–H groups in total. The molecule has 0 unspecified atom stereocenters. The highest BCUT2D eigenvalue weighted by molar-refractivity contribution is 14.1. The molecule has 0 aliphatic carbocycles. The number of hydrogen-bond acceptors (Lipinski definition) is 4. The number of nitrogens with one attached hydrogen (secondary N) is 1. The fourth-order valence-electron chi connectivity index (χ4n) is 3.14. The molecule has 0 saturated heterocycles. The highest BCUT2D eigenvalue weighted by Gasteiger charge is 2.13. The molecule has 0 radical (unpaired) electrons. The van der Waals surface area contributed by atoms with E-state index in [1.54, 1.807) is 6.07 Å². The lowest BCUT2D eigenvalue weighted by molar-refractivity contribution is 0.0600. The van der Waals surface area contributed by atoms with Gasteiger partial charge in [-0.15, -0.1) is 0 Å². The van der Waals surface area contributed by atoms with Crippen LogP contribution in [0.2, 0.25) is 0 Å². The lowest BCUT2D eigenvalue weighted by Gasteiger charge is -2.13. The van der Waals surface area contributed by atoms with Crippen molar-refractivity contribution in [2.75, 3.05) is 12.5 Å². The minimum Gasteiger partial charge on any atom is -0.465 e. The number of hydrazone groups is 1. The summed E-state index contributed by atoms with van der Waals surface area (Å²) in [5.41, 5.74) is 9.81. The van der Waals surface area contributed by atoms with Crippen molar-refractivity contribution in [3.05, 3.63) is 80.2 Å². The van der Waals surface area contributed by atoms with E-state index in [9.17, 15) is 4.79 Å². The molecule has 144 valence electrons. The number of anilines is 1. The molecule has 2 aromatic carbocycles. The average Bonchev–Trinajstić information content (AvgIpc) is 2.96. The van der Waals surface area contributed by atoms with Crippen molar-refractivity contribution in [2.45, 2.75) is 20.8 Å². The number of benzene rings is 2. The lowest BCUT2D eigenvalue weighted by Crippen LogP contribution is -2.06. The number of carbonyl (C=O) groups is 1. The van der Waals surface area contributed by atoms with Gasteiger partial charge in [0.25, 0.3) is 0 Å². The molecule has 0 bridgehead atoms. The van der Waals surface area contributed by atoms with Gasteiger partial charge in [-0.1, -0.05) is 0 Å². The van der Waals surface area contributed by atoms with Gasteiger partial charge in [0.15, 0.2) is 0 Å². The first-order valence-corrected chi connectivity index (χ1v) is 9.91. The number of hydrogen-bond donors (Lipinski definition) is 1. The Morgan fingerprint density at radius 3 is 2.46 bits per heavy atom. The number of rotatable bonds is 5. The summed E-state index contributed by atoms with van der Waals surface area (Å²) in [5.74, 6) is -0.329. The van der Waals surface area contributed by atoms with Crippen molar-refractivity contribution in [1.29, 1.82) is 0 Å². The van der Waals surface area contributed by atoms with Crippen LogP contribution in [0.1, 0.15) is 32.9 Å². The van der Waals surface area contributed by atoms with Gasteiger partial charge in [0.2, 0.25) is 0 Å². The van der Waals surface area contributed by atoms with Crippen LogP contribution in [0.15, 0.2) is 53.6 Å². The normalized spacial score (nSPS) is 11.0. The predicted molar refractivity (Wildman–Crippen MR) is 122 cm³/mol. The van der Waals surface area contributed by atoms with E-state index >= 15 is 0 Å². The summed E-state index contributed by atoms with van der Waals surface area (Å²) in [5, 5.41) is 4.37. The van der Waals surface area contributed by atoms with Crippen molar-refractivity contribution in [3.63, 3.8) is 0 Å². The van der Waals surface area contributed by atoms with Crippen LogP contribution in [-0.2, 0) is 4.74 Å². The molecule has 3 rings (SSSR count). The standard InChI is InChI=1S/C22H22IN3O2/c1-14-11-17(22(27)28-4)5-10-21(14)26-15(2)12-18(16(26)3)13-24-25-20-8-6-19(23)7-9-20/h5-13,25H,1-4H3. The molecule has 0 atom stereocenters. The molecular weight excluding hydrogens is 465 g/mol. The maximum absolute atomic E-state index is 11.8. The molecule has 6 heteroatoms. The molecule has 0 saturated carbocycles. The highest BCUT2D eigenvalue weighted by atomic mass is 127. The van der Waals surface area contributed by atoms with Crippen molar-refractivity contribution in [2.24, 2.45) is 5.10 Å². The number of nitrogens with zero attached hydrogens (tertiary/aromatic N) is 2. The Balaban J connectivity index is 1.86.